The van der Waals surface area contributed by atoms with Crippen molar-refractivity contribution in [1.29, 1.82) is 0 Å². The second-order valence-electron chi connectivity index (χ2n) is 6.18. The van der Waals surface area contributed by atoms with E-state index in [-0.39, 0.29) is 6.42 Å². The van der Waals surface area contributed by atoms with Crippen LogP contribution in [0.5, 0.6) is 0 Å². The van der Waals surface area contributed by atoms with Crippen molar-refractivity contribution in [3.05, 3.63) is 0 Å². The number of amides is 1. The molecule has 0 radical (unpaired) electrons. The van der Waals surface area contributed by atoms with Gasteiger partial charge in [0.05, 0.1) is 0 Å². The van der Waals surface area contributed by atoms with Crippen LogP contribution < -0.4 is 0 Å². The van der Waals surface area contributed by atoms with E-state index in [4.69, 9.17) is 9.47 Å². The second kappa shape index (κ2) is 4.67. The number of hydrogen-bond acceptors (Lipinski definition) is 5. The molecule has 0 saturated carbocycles. The molecule has 0 unspecified atom stereocenters. The first-order chi connectivity index (χ1) is 8.74. The molecule has 2 rings (SSSR count). The Morgan fingerprint density at radius 3 is 2.68 bits per heavy atom. The van der Waals surface area contributed by atoms with Crippen molar-refractivity contribution in [1.82, 2.24) is 4.90 Å². The molecule has 1 N–H and O–H groups in total. The van der Waals surface area contributed by atoms with Crippen molar-refractivity contribution in [3.63, 3.8) is 0 Å². The van der Waals surface area contributed by atoms with Gasteiger partial charge in [0, 0.05) is 13.0 Å². The van der Waals surface area contributed by atoms with Crippen LogP contribution in [0.1, 0.15) is 46.5 Å². The summed E-state index contributed by atoms with van der Waals surface area (Å²) in [6.07, 6.45) is 0.660. The summed E-state index contributed by atoms with van der Waals surface area (Å²) < 4.78 is 10.2. The Kier molecular flexibility index (Phi) is 3.47. The largest absolute Gasteiger partial charge is 0.444 e. The molecule has 108 valence electrons. The van der Waals surface area contributed by atoms with E-state index in [1.54, 1.807) is 20.8 Å². The van der Waals surface area contributed by atoms with E-state index in [9.17, 15) is 14.7 Å². The van der Waals surface area contributed by atoms with Crippen molar-refractivity contribution in [2.75, 3.05) is 6.54 Å². The van der Waals surface area contributed by atoms with Gasteiger partial charge in [0.2, 0.25) is 6.29 Å². The fourth-order valence-electron chi connectivity index (χ4n) is 2.69. The van der Waals surface area contributed by atoms with Crippen LogP contribution in [0.2, 0.25) is 0 Å². The van der Waals surface area contributed by atoms with Crippen LogP contribution in [0.4, 0.5) is 4.79 Å². The number of rotatable bonds is 0. The van der Waals surface area contributed by atoms with E-state index in [0.717, 1.165) is 12.8 Å². The molecule has 0 aliphatic carbocycles. The van der Waals surface area contributed by atoms with Gasteiger partial charge in [-0.2, -0.15) is 0 Å². The smallest absolute Gasteiger partial charge is 0.411 e. The Labute approximate surface area is 112 Å². The molecule has 6 heteroatoms. The van der Waals surface area contributed by atoms with Gasteiger partial charge in [0.25, 0.3) is 0 Å². The zero-order valence-corrected chi connectivity index (χ0v) is 11.6. The van der Waals surface area contributed by atoms with E-state index in [2.05, 4.69) is 0 Å². The lowest BCUT2D eigenvalue weighted by atomic mass is 9.85. The van der Waals surface area contributed by atoms with Crippen molar-refractivity contribution in [3.8, 4) is 0 Å². The van der Waals surface area contributed by atoms with E-state index in [1.807, 2.05) is 0 Å². The summed E-state index contributed by atoms with van der Waals surface area (Å²) in [6.45, 7) is 5.80. The number of cyclic esters (lactones) is 1. The molecular formula is C13H21NO5. The number of carbonyl (C=O) groups excluding carboxylic acids is 2. The summed E-state index contributed by atoms with van der Waals surface area (Å²) in [5, 5.41) is 9.53. The summed E-state index contributed by atoms with van der Waals surface area (Å²) in [4.78, 5) is 25.7. The first kappa shape index (κ1) is 14.1. The third kappa shape index (κ3) is 2.68. The molecule has 0 aromatic rings. The molecule has 2 aliphatic rings. The molecule has 19 heavy (non-hydrogen) atoms. The minimum atomic E-state index is -1.13. The average molecular weight is 271 g/mol. The highest BCUT2D eigenvalue weighted by Crippen LogP contribution is 2.39. The monoisotopic (exact) mass is 271 g/mol. The molecule has 2 saturated heterocycles. The number of aliphatic hydroxyl groups excluding tert-OH is 1. The quantitative estimate of drug-likeness (QED) is 0.674. The fourth-order valence-corrected chi connectivity index (χ4v) is 2.69. The van der Waals surface area contributed by atoms with Crippen LogP contribution in [0, 0.1) is 0 Å². The van der Waals surface area contributed by atoms with E-state index >= 15 is 0 Å². The molecule has 2 heterocycles. The van der Waals surface area contributed by atoms with Crippen LogP contribution in [0.25, 0.3) is 0 Å². The molecule has 2 aliphatic heterocycles. The minimum absolute atomic E-state index is 0.130. The van der Waals surface area contributed by atoms with Gasteiger partial charge in [-0.3, -0.25) is 4.90 Å². The molecule has 6 nitrogen and oxygen atoms in total. The number of carbonyl (C=O) groups is 2. The van der Waals surface area contributed by atoms with Crippen molar-refractivity contribution < 1.29 is 24.2 Å². The summed E-state index contributed by atoms with van der Waals surface area (Å²) in [6, 6.07) is 0. The maximum Gasteiger partial charge on any atom is 0.411 e. The first-order valence-electron chi connectivity index (χ1n) is 6.64. The highest BCUT2D eigenvalue weighted by molar-refractivity contribution is 5.87. The molecule has 2 fully saturated rings. The Morgan fingerprint density at radius 2 is 2.16 bits per heavy atom. The molecule has 0 aromatic heterocycles. The predicted molar refractivity (Wildman–Crippen MR) is 66.2 cm³/mol. The number of esters is 1. The van der Waals surface area contributed by atoms with Crippen LogP contribution in [0.3, 0.4) is 0 Å². The molecule has 0 aromatic carbocycles. The number of piperidine rings is 1. The van der Waals surface area contributed by atoms with Gasteiger partial charge in [0.1, 0.15) is 11.1 Å². The summed E-state index contributed by atoms with van der Waals surface area (Å²) >= 11 is 0. The highest BCUT2D eigenvalue weighted by atomic mass is 16.6. The average Bonchev–Trinajstić information content (AvgIpc) is 2.52. The molecule has 0 bridgehead atoms. The highest BCUT2D eigenvalue weighted by Gasteiger charge is 2.56. The van der Waals surface area contributed by atoms with Gasteiger partial charge in [-0.05, 0) is 40.0 Å². The Morgan fingerprint density at radius 1 is 1.47 bits per heavy atom. The normalized spacial score (nSPS) is 31.5. The standard InChI is InChI=1S/C13H21NO5/c1-12(2,3)19-11(17)14-7-5-4-6-13(14)8-9(15)18-10(13)16/h9,15H,4-8H2,1-3H3/t9-,13+/m0/s1. The van der Waals surface area contributed by atoms with Gasteiger partial charge >= 0.3 is 12.1 Å². The zero-order valence-electron chi connectivity index (χ0n) is 11.6. The third-order valence-electron chi connectivity index (χ3n) is 3.49. The lowest BCUT2D eigenvalue weighted by molar-refractivity contribution is -0.160. The number of ether oxygens (including phenoxy) is 2. The predicted octanol–water partition coefficient (Wildman–Crippen LogP) is 1.41. The summed E-state index contributed by atoms with van der Waals surface area (Å²) in [5.74, 6) is -0.523. The van der Waals surface area contributed by atoms with Gasteiger partial charge in [-0.1, -0.05) is 0 Å². The van der Waals surface area contributed by atoms with Crippen LogP contribution in [0.15, 0.2) is 0 Å². The number of nitrogens with zero attached hydrogens (tertiary/aromatic N) is 1. The van der Waals surface area contributed by atoms with Crippen molar-refractivity contribution >= 4 is 12.1 Å². The van der Waals surface area contributed by atoms with Gasteiger partial charge in [-0.15, -0.1) is 0 Å². The minimum Gasteiger partial charge on any atom is -0.444 e. The fraction of sp³-hybridized carbons (Fsp3) is 0.846. The van der Waals surface area contributed by atoms with Gasteiger partial charge in [0.15, 0.2) is 0 Å². The number of likely N-dealkylation sites (tertiary alicyclic amines) is 1. The number of aliphatic hydroxyl groups is 1. The maximum atomic E-state index is 12.2. The lowest BCUT2D eigenvalue weighted by Crippen LogP contribution is -2.58. The third-order valence-corrected chi connectivity index (χ3v) is 3.49. The lowest BCUT2D eigenvalue weighted by Gasteiger charge is -2.41. The SMILES string of the molecule is CC(C)(C)OC(=O)N1CCCC[C@]12C[C@@H](O)OC2=O. The van der Waals surface area contributed by atoms with E-state index < -0.39 is 29.5 Å². The van der Waals surface area contributed by atoms with Gasteiger partial charge in [-0.25, -0.2) is 9.59 Å². The van der Waals surface area contributed by atoms with Crippen molar-refractivity contribution in [2.24, 2.45) is 0 Å². The molecule has 1 amide bonds. The summed E-state index contributed by atoms with van der Waals surface area (Å²) in [7, 11) is 0. The second-order valence-corrected chi connectivity index (χ2v) is 6.18. The molecule has 2 atom stereocenters. The Hall–Kier alpha value is -1.30. The topological polar surface area (TPSA) is 76.1 Å². The van der Waals surface area contributed by atoms with Crippen LogP contribution >= 0.6 is 0 Å². The zero-order chi connectivity index (χ0) is 14.3. The first-order valence-corrected chi connectivity index (χ1v) is 6.64. The van der Waals surface area contributed by atoms with Crippen LogP contribution in [-0.2, 0) is 14.3 Å². The van der Waals surface area contributed by atoms with Gasteiger partial charge < -0.3 is 14.6 Å². The van der Waals surface area contributed by atoms with E-state index in [1.165, 1.54) is 4.90 Å². The maximum absolute atomic E-state index is 12.2. The molecule has 1 spiro atoms. The Balaban J connectivity index is 2.21. The number of hydrogen-bond donors (Lipinski definition) is 1. The Bertz CT molecular complexity index is 389. The van der Waals surface area contributed by atoms with Crippen molar-refractivity contribution in [2.45, 2.75) is 63.9 Å². The molecular weight excluding hydrogens is 250 g/mol. The summed E-state index contributed by atoms with van der Waals surface area (Å²) in [5.41, 5.74) is -1.66. The van der Waals surface area contributed by atoms with Crippen LogP contribution in [-0.4, -0.2) is 46.0 Å². The van der Waals surface area contributed by atoms with E-state index in [0.29, 0.717) is 13.0 Å².